The van der Waals surface area contributed by atoms with Crippen LogP contribution in [0.25, 0.3) is 87.7 Å². The van der Waals surface area contributed by atoms with E-state index >= 15 is 0 Å². The SMILES string of the molecule is c1ccc2cc(-n3c4ccccc4c4ccc5c6ccccc6n(-c6cccc7c6oc6ccccc67)c5c43)ccc2c1. The third kappa shape index (κ3) is 3.03. The van der Waals surface area contributed by atoms with Gasteiger partial charge in [-0.3, -0.25) is 0 Å². The molecule has 3 aromatic heterocycles. The van der Waals surface area contributed by atoms with Crippen molar-refractivity contribution in [3.8, 4) is 11.4 Å². The molecular formula is C40H24N2O. The van der Waals surface area contributed by atoms with E-state index in [9.17, 15) is 0 Å². The Morgan fingerprint density at radius 2 is 1.00 bits per heavy atom. The van der Waals surface area contributed by atoms with Gasteiger partial charge in [0.25, 0.3) is 0 Å². The van der Waals surface area contributed by atoms with Crippen molar-refractivity contribution in [2.24, 2.45) is 0 Å². The van der Waals surface area contributed by atoms with Gasteiger partial charge in [0.05, 0.1) is 27.8 Å². The number of furan rings is 1. The minimum Gasteiger partial charge on any atom is -0.454 e. The molecule has 0 amide bonds. The number of nitrogens with zero attached hydrogens (tertiary/aromatic N) is 2. The molecular weight excluding hydrogens is 524 g/mol. The van der Waals surface area contributed by atoms with Gasteiger partial charge in [-0.2, -0.15) is 0 Å². The first kappa shape index (κ1) is 22.8. The van der Waals surface area contributed by atoms with Crippen LogP contribution in [0.3, 0.4) is 0 Å². The Balaban J connectivity index is 1.44. The van der Waals surface area contributed by atoms with Crippen molar-refractivity contribution in [3.05, 3.63) is 146 Å². The number of para-hydroxylation sites is 4. The summed E-state index contributed by atoms with van der Waals surface area (Å²) in [6, 6.07) is 52.3. The van der Waals surface area contributed by atoms with E-state index < -0.39 is 0 Å². The van der Waals surface area contributed by atoms with Gasteiger partial charge in [0, 0.05) is 38.0 Å². The Hall–Kier alpha value is -5.80. The fourth-order valence-electron chi connectivity index (χ4n) is 7.24. The average Bonchev–Trinajstić information content (AvgIpc) is 3.72. The lowest BCUT2D eigenvalue weighted by Gasteiger charge is -2.13. The highest BCUT2D eigenvalue weighted by molar-refractivity contribution is 6.24. The number of benzene rings is 7. The normalized spacial score (nSPS) is 12.2. The van der Waals surface area contributed by atoms with E-state index in [1.807, 2.05) is 6.07 Å². The van der Waals surface area contributed by atoms with Crippen LogP contribution >= 0.6 is 0 Å². The first-order valence-electron chi connectivity index (χ1n) is 14.7. The van der Waals surface area contributed by atoms with Crippen LogP contribution < -0.4 is 0 Å². The Morgan fingerprint density at radius 3 is 1.79 bits per heavy atom. The summed E-state index contributed by atoms with van der Waals surface area (Å²) in [7, 11) is 0. The van der Waals surface area contributed by atoms with Crippen LogP contribution in [-0.4, -0.2) is 9.13 Å². The van der Waals surface area contributed by atoms with Crippen LogP contribution in [0.1, 0.15) is 0 Å². The second-order valence-corrected chi connectivity index (χ2v) is 11.3. The zero-order chi connectivity index (χ0) is 28.1. The topological polar surface area (TPSA) is 23.0 Å². The molecule has 0 fully saturated rings. The molecule has 43 heavy (non-hydrogen) atoms. The molecule has 0 aliphatic heterocycles. The summed E-state index contributed by atoms with van der Waals surface area (Å²) in [6.07, 6.45) is 0. The van der Waals surface area contributed by atoms with Crippen LogP contribution in [0.15, 0.2) is 150 Å². The van der Waals surface area contributed by atoms with Gasteiger partial charge in [-0.25, -0.2) is 0 Å². The number of fused-ring (bicyclic) bond motifs is 11. The smallest absolute Gasteiger partial charge is 0.159 e. The van der Waals surface area contributed by atoms with Crippen molar-refractivity contribution in [1.29, 1.82) is 0 Å². The average molecular weight is 549 g/mol. The zero-order valence-corrected chi connectivity index (χ0v) is 23.2. The first-order valence-corrected chi connectivity index (χ1v) is 14.7. The summed E-state index contributed by atoms with van der Waals surface area (Å²) in [5, 5.41) is 9.65. The Bertz CT molecular complexity index is 2740. The molecule has 10 aromatic rings. The van der Waals surface area contributed by atoms with Crippen LogP contribution in [0, 0.1) is 0 Å². The van der Waals surface area contributed by atoms with Crippen LogP contribution in [-0.2, 0) is 0 Å². The molecule has 0 aliphatic carbocycles. The summed E-state index contributed by atoms with van der Waals surface area (Å²) in [5.74, 6) is 0. The lowest BCUT2D eigenvalue weighted by molar-refractivity contribution is 0.666. The standard InChI is InChI=1S/C40H24N2O/c1-2-11-26-24-27(21-20-25(26)10-1)41-34-16-6-3-12-28(34)31-22-23-32-29-13-4-7-17-35(29)42(39(32)38(31)41)36-18-9-15-33-30-14-5-8-19-37(30)43-40(33)36/h1-24H. The van der Waals surface area contributed by atoms with Gasteiger partial charge in [-0.05, 0) is 47.2 Å². The molecule has 0 unspecified atom stereocenters. The molecule has 0 saturated heterocycles. The largest absolute Gasteiger partial charge is 0.454 e. The minimum absolute atomic E-state index is 0.900. The fraction of sp³-hybridized carbons (Fsp3) is 0. The summed E-state index contributed by atoms with van der Waals surface area (Å²) >= 11 is 0. The number of hydrogen-bond donors (Lipinski definition) is 0. The van der Waals surface area contributed by atoms with E-state index in [0.29, 0.717) is 0 Å². The predicted molar refractivity (Wildman–Crippen MR) is 180 cm³/mol. The molecule has 0 bridgehead atoms. The van der Waals surface area contributed by atoms with Crippen molar-refractivity contribution in [2.45, 2.75) is 0 Å². The van der Waals surface area contributed by atoms with E-state index in [2.05, 4.69) is 149 Å². The second kappa shape index (κ2) is 8.37. The van der Waals surface area contributed by atoms with Gasteiger partial charge < -0.3 is 13.6 Å². The van der Waals surface area contributed by atoms with Gasteiger partial charge in [-0.1, -0.05) is 109 Å². The van der Waals surface area contributed by atoms with Gasteiger partial charge in [0.2, 0.25) is 0 Å². The quantitative estimate of drug-likeness (QED) is 0.211. The first-order chi connectivity index (χ1) is 21.3. The maximum absolute atomic E-state index is 6.61. The molecule has 0 radical (unpaired) electrons. The maximum atomic E-state index is 6.61. The maximum Gasteiger partial charge on any atom is 0.159 e. The van der Waals surface area contributed by atoms with E-state index in [4.69, 9.17) is 4.42 Å². The number of hydrogen-bond acceptors (Lipinski definition) is 1. The van der Waals surface area contributed by atoms with Crippen LogP contribution in [0.4, 0.5) is 0 Å². The highest BCUT2D eigenvalue weighted by atomic mass is 16.3. The van der Waals surface area contributed by atoms with Crippen molar-refractivity contribution < 1.29 is 4.42 Å². The van der Waals surface area contributed by atoms with Crippen molar-refractivity contribution in [1.82, 2.24) is 9.13 Å². The second-order valence-electron chi connectivity index (χ2n) is 11.3. The molecule has 3 nitrogen and oxygen atoms in total. The zero-order valence-electron chi connectivity index (χ0n) is 23.2. The molecule has 0 spiro atoms. The highest BCUT2D eigenvalue weighted by Crippen LogP contribution is 2.43. The van der Waals surface area contributed by atoms with Gasteiger partial charge >= 0.3 is 0 Å². The summed E-state index contributed by atoms with van der Waals surface area (Å²) in [5.41, 5.74) is 8.72. The Morgan fingerprint density at radius 1 is 0.395 bits per heavy atom. The monoisotopic (exact) mass is 548 g/mol. The van der Waals surface area contributed by atoms with E-state index in [-0.39, 0.29) is 0 Å². The number of rotatable bonds is 2. The minimum atomic E-state index is 0.900. The van der Waals surface area contributed by atoms with Gasteiger partial charge in [0.15, 0.2) is 5.58 Å². The van der Waals surface area contributed by atoms with Crippen LogP contribution in [0.5, 0.6) is 0 Å². The Kier molecular flexibility index (Phi) is 4.45. The fourth-order valence-corrected chi connectivity index (χ4v) is 7.24. The molecule has 0 saturated carbocycles. The van der Waals surface area contributed by atoms with E-state index in [0.717, 1.165) is 38.8 Å². The third-order valence-electron chi connectivity index (χ3n) is 9.08. The molecule has 0 atom stereocenters. The highest BCUT2D eigenvalue weighted by Gasteiger charge is 2.23. The van der Waals surface area contributed by atoms with Gasteiger partial charge in [-0.15, -0.1) is 0 Å². The van der Waals surface area contributed by atoms with Gasteiger partial charge in [0.1, 0.15) is 5.58 Å². The molecule has 200 valence electrons. The summed E-state index contributed by atoms with van der Waals surface area (Å²) in [4.78, 5) is 0. The third-order valence-corrected chi connectivity index (χ3v) is 9.08. The molecule has 10 rings (SSSR count). The van der Waals surface area contributed by atoms with E-state index in [1.54, 1.807) is 0 Å². The molecule has 0 aliphatic rings. The van der Waals surface area contributed by atoms with Crippen molar-refractivity contribution >= 4 is 76.3 Å². The predicted octanol–water partition coefficient (Wildman–Crippen LogP) is 10.9. The van der Waals surface area contributed by atoms with Crippen LogP contribution in [0.2, 0.25) is 0 Å². The lowest BCUT2D eigenvalue weighted by atomic mass is 10.1. The lowest BCUT2D eigenvalue weighted by Crippen LogP contribution is -1.99. The Labute approximate surface area is 246 Å². The molecule has 3 heterocycles. The van der Waals surface area contributed by atoms with Crippen molar-refractivity contribution in [3.63, 3.8) is 0 Å². The van der Waals surface area contributed by atoms with Crippen molar-refractivity contribution in [2.75, 3.05) is 0 Å². The molecule has 7 aromatic carbocycles. The summed E-state index contributed by atoms with van der Waals surface area (Å²) < 4.78 is 11.5. The summed E-state index contributed by atoms with van der Waals surface area (Å²) in [6.45, 7) is 0. The molecule has 0 N–H and O–H groups in total. The number of aromatic nitrogens is 2. The van der Waals surface area contributed by atoms with E-state index in [1.165, 1.54) is 48.9 Å². The molecule has 3 heteroatoms.